The van der Waals surface area contributed by atoms with E-state index in [2.05, 4.69) is 143 Å². The second-order valence-corrected chi connectivity index (χ2v) is 14.0. The number of rotatable bonds is 3. The largest absolute Gasteiger partial charge is 0.333 e. The summed E-state index contributed by atoms with van der Waals surface area (Å²) in [7, 11) is 0. The van der Waals surface area contributed by atoms with E-state index in [-0.39, 0.29) is 6.04 Å². The van der Waals surface area contributed by atoms with Crippen molar-refractivity contribution < 1.29 is 0 Å². The summed E-state index contributed by atoms with van der Waals surface area (Å²) in [6.07, 6.45) is 7.87. The van der Waals surface area contributed by atoms with E-state index in [0.717, 1.165) is 23.1 Å². The summed E-state index contributed by atoms with van der Waals surface area (Å²) >= 11 is 2.00. The van der Waals surface area contributed by atoms with Crippen molar-refractivity contribution in [3.8, 4) is 22.9 Å². The number of benzene rings is 6. The SMILES string of the molecule is N#Cc1ccc(-n2c3ccccc3c3cc(-c4ccc5c(c4)Cc4ccccc4N5C4C=CC=C5c6ccccc6SC54)ccc32)cc1. The Bertz CT molecular complexity index is 2550. The Balaban J connectivity index is 1.08. The molecule has 4 heteroatoms. The fraction of sp³-hybridized carbons (Fsp3) is 0.0682. The van der Waals surface area contributed by atoms with Gasteiger partial charge in [-0.2, -0.15) is 5.26 Å². The predicted molar refractivity (Wildman–Crippen MR) is 199 cm³/mol. The van der Waals surface area contributed by atoms with Crippen LogP contribution in [-0.4, -0.2) is 15.9 Å². The summed E-state index contributed by atoms with van der Waals surface area (Å²) in [5.41, 5.74) is 14.6. The average molecular weight is 632 g/mol. The van der Waals surface area contributed by atoms with E-state index in [9.17, 15) is 5.26 Å². The second kappa shape index (κ2) is 10.6. The summed E-state index contributed by atoms with van der Waals surface area (Å²) in [6, 6.07) is 50.6. The van der Waals surface area contributed by atoms with Gasteiger partial charge in [0.15, 0.2) is 0 Å². The van der Waals surface area contributed by atoms with Crippen LogP contribution in [0, 0.1) is 11.3 Å². The molecule has 48 heavy (non-hydrogen) atoms. The maximum absolute atomic E-state index is 9.35. The lowest BCUT2D eigenvalue weighted by atomic mass is 9.88. The molecule has 0 saturated carbocycles. The van der Waals surface area contributed by atoms with Gasteiger partial charge in [0.1, 0.15) is 0 Å². The Morgan fingerprint density at radius 1 is 0.667 bits per heavy atom. The van der Waals surface area contributed by atoms with Crippen molar-refractivity contribution in [3.05, 3.63) is 174 Å². The predicted octanol–water partition coefficient (Wildman–Crippen LogP) is 10.9. The Morgan fingerprint density at radius 3 is 2.33 bits per heavy atom. The molecule has 2 aliphatic heterocycles. The molecule has 10 rings (SSSR count). The lowest BCUT2D eigenvalue weighted by molar-refractivity contribution is 0.794. The van der Waals surface area contributed by atoms with Gasteiger partial charge in [0.05, 0.1) is 34.0 Å². The van der Waals surface area contributed by atoms with E-state index in [1.165, 1.54) is 60.4 Å². The first kappa shape index (κ1) is 27.4. The molecule has 7 aromatic rings. The van der Waals surface area contributed by atoms with Crippen LogP contribution in [-0.2, 0) is 6.42 Å². The lowest BCUT2D eigenvalue weighted by Crippen LogP contribution is -2.40. The fourth-order valence-electron chi connectivity index (χ4n) is 8.00. The van der Waals surface area contributed by atoms with Crippen LogP contribution in [0.5, 0.6) is 0 Å². The molecule has 0 fully saturated rings. The van der Waals surface area contributed by atoms with Crippen molar-refractivity contribution in [2.75, 3.05) is 4.90 Å². The second-order valence-electron chi connectivity index (χ2n) is 12.8. The van der Waals surface area contributed by atoms with Crippen LogP contribution in [0.15, 0.2) is 157 Å². The van der Waals surface area contributed by atoms with Gasteiger partial charge in [-0.05, 0) is 100 Å². The van der Waals surface area contributed by atoms with E-state index in [1.807, 2.05) is 36.0 Å². The van der Waals surface area contributed by atoms with Crippen LogP contribution in [0.1, 0.15) is 22.3 Å². The molecule has 0 saturated heterocycles. The summed E-state index contributed by atoms with van der Waals surface area (Å²) in [5, 5.41) is 12.1. The number of nitrogens with zero attached hydrogens (tertiary/aromatic N) is 3. The normalized spacial score (nSPS) is 17.4. The number of aromatic nitrogens is 1. The third-order valence-corrected chi connectivity index (χ3v) is 11.6. The van der Waals surface area contributed by atoms with Gasteiger partial charge in [-0.25, -0.2) is 0 Å². The Morgan fingerprint density at radius 2 is 1.42 bits per heavy atom. The van der Waals surface area contributed by atoms with Crippen LogP contribution < -0.4 is 4.90 Å². The summed E-state index contributed by atoms with van der Waals surface area (Å²) in [5.74, 6) is 0. The third-order valence-electron chi connectivity index (χ3n) is 10.2. The van der Waals surface area contributed by atoms with E-state index >= 15 is 0 Å². The zero-order valence-electron chi connectivity index (χ0n) is 26.0. The number of hydrogen-bond acceptors (Lipinski definition) is 3. The average Bonchev–Trinajstić information content (AvgIpc) is 3.69. The van der Waals surface area contributed by atoms with Gasteiger partial charge in [-0.1, -0.05) is 85.0 Å². The monoisotopic (exact) mass is 631 g/mol. The fourth-order valence-corrected chi connectivity index (χ4v) is 9.43. The molecule has 0 radical (unpaired) electrons. The number of anilines is 2. The van der Waals surface area contributed by atoms with E-state index in [4.69, 9.17) is 0 Å². The molecule has 6 aromatic carbocycles. The van der Waals surface area contributed by atoms with E-state index in [1.54, 1.807) is 0 Å². The molecule has 2 atom stereocenters. The van der Waals surface area contributed by atoms with Crippen LogP contribution in [0.25, 0.3) is 44.2 Å². The van der Waals surface area contributed by atoms with Crippen molar-refractivity contribution in [2.24, 2.45) is 0 Å². The van der Waals surface area contributed by atoms with Crippen LogP contribution in [0.3, 0.4) is 0 Å². The van der Waals surface area contributed by atoms with Crippen LogP contribution in [0.4, 0.5) is 11.4 Å². The molecule has 3 nitrogen and oxygen atoms in total. The Labute approximate surface area is 283 Å². The first-order chi connectivity index (χ1) is 23.7. The quantitative estimate of drug-likeness (QED) is 0.194. The van der Waals surface area contributed by atoms with Gasteiger partial charge in [-0.3, -0.25) is 0 Å². The molecule has 226 valence electrons. The first-order valence-electron chi connectivity index (χ1n) is 16.4. The Kier molecular flexibility index (Phi) is 6.06. The van der Waals surface area contributed by atoms with E-state index < -0.39 is 0 Å². The minimum Gasteiger partial charge on any atom is -0.333 e. The highest BCUT2D eigenvalue weighted by atomic mass is 32.2. The van der Waals surface area contributed by atoms with Crippen molar-refractivity contribution in [1.29, 1.82) is 5.26 Å². The van der Waals surface area contributed by atoms with E-state index in [0.29, 0.717) is 10.8 Å². The minimum atomic E-state index is 0.207. The molecular weight excluding hydrogens is 603 g/mol. The van der Waals surface area contributed by atoms with Crippen LogP contribution in [0.2, 0.25) is 0 Å². The van der Waals surface area contributed by atoms with Gasteiger partial charge < -0.3 is 9.47 Å². The zero-order valence-corrected chi connectivity index (χ0v) is 26.9. The minimum absolute atomic E-state index is 0.207. The standard InChI is InChI=1S/C44H29N3S/c45-27-28-16-20-33(21-17-28)46-40-13-5-2-9-34(40)37-26-30(19-23-41(37)46)29-18-22-39-32(24-29)25-31-8-1-4-12-38(31)47(39)42-14-7-11-36-35-10-3-6-15-43(35)48-44(36)42/h1-24,26,42,44H,25H2. The third kappa shape index (κ3) is 4.08. The summed E-state index contributed by atoms with van der Waals surface area (Å²) in [4.78, 5) is 3.97. The van der Waals surface area contributed by atoms with Gasteiger partial charge in [0, 0.05) is 39.2 Å². The molecule has 1 aromatic heterocycles. The molecule has 1 aliphatic carbocycles. The molecular formula is C44H29N3S. The summed E-state index contributed by atoms with van der Waals surface area (Å²) < 4.78 is 2.30. The molecule has 0 bridgehead atoms. The van der Waals surface area contributed by atoms with Gasteiger partial charge in [-0.15, -0.1) is 11.8 Å². The van der Waals surface area contributed by atoms with Crippen LogP contribution >= 0.6 is 11.8 Å². The van der Waals surface area contributed by atoms with Crippen molar-refractivity contribution in [1.82, 2.24) is 4.57 Å². The molecule has 0 N–H and O–H groups in total. The Hall–Kier alpha value is -5.76. The molecule has 3 heterocycles. The van der Waals surface area contributed by atoms with Crippen molar-refractivity contribution in [3.63, 3.8) is 0 Å². The summed E-state index contributed by atoms with van der Waals surface area (Å²) in [6.45, 7) is 0. The zero-order chi connectivity index (χ0) is 31.8. The molecule has 2 unspecified atom stereocenters. The highest BCUT2D eigenvalue weighted by molar-refractivity contribution is 8.01. The number of fused-ring (bicyclic) bond motifs is 8. The van der Waals surface area contributed by atoms with Crippen molar-refractivity contribution >= 4 is 50.5 Å². The maximum atomic E-state index is 9.35. The first-order valence-corrected chi connectivity index (χ1v) is 17.3. The molecule has 0 spiro atoms. The van der Waals surface area contributed by atoms with Gasteiger partial charge in [0.2, 0.25) is 0 Å². The number of hydrogen-bond donors (Lipinski definition) is 0. The molecule has 0 amide bonds. The lowest BCUT2D eigenvalue weighted by Gasteiger charge is -2.41. The smallest absolute Gasteiger partial charge is 0.0991 e. The number of thioether (sulfide) groups is 1. The topological polar surface area (TPSA) is 32.0 Å². The van der Waals surface area contributed by atoms with Gasteiger partial charge >= 0.3 is 0 Å². The maximum Gasteiger partial charge on any atom is 0.0991 e. The molecule has 3 aliphatic rings. The number of para-hydroxylation sites is 2. The highest BCUT2D eigenvalue weighted by Crippen LogP contribution is 2.52. The van der Waals surface area contributed by atoms with Gasteiger partial charge in [0.25, 0.3) is 0 Å². The van der Waals surface area contributed by atoms with Crippen molar-refractivity contribution in [2.45, 2.75) is 22.6 Å². The highest BCUT2D eigenvalue weighted by Gasteiger charge is 2.39. The number of allylic oxidation sites excluding steroid dienone is 2. The number of nitriles is 1.